The predicted molar refractivity (Wildman–Crippen MR) is 119 cm³/mol. The molecule has 0 fully saturated rings. The van der Waals surface area contributed by atoms with Crippen LogP contribution < -0.4 is 9.47 Å². The zero-order chi connectivity index (χ0) is 24.6. The summed E-state index contributed by atoms with van der Waals surface area (Å²) in [7, 11) is 1.37. The van der Waals surface area contributed by atoms with E-state index in [2.05, 4.69) is 21.1 Å². The largest absolute Gasteiger partial charge is 0.494 e. The number of ether oxygens (including phenoxy) is 2. The molecule has 176 valence electrons. The van der Waals surface area contributed by atoms with E-state index < -0.39 is 18.6 Å². The van der Waals surface area contributed by atoms with Gasteiger partial charge in [-0.2, -0.15) is 10.4 Å². The lowest BCUT2D eigenvalue weighted by Crippen LogP contribution is -2.24. The monoisotopic (exact) mass is 468 g/mol. The quantitative estimate of drug-likeness (QED) is 0.432. The molecule has 11 heteroatoms. The Balaban J connectivity index is 1.77. The normalized spacial score (nSPS) is 11.7. The van der Waals surface area contributed by atoms with Crippen molar-refractivity contribution in [1.82, 2.24) is 24.3 Å². The Hall–Kier alpha value is -4.20. The van der Waals surface area contributed by atoms with Gasteiger partial charge < -0.3 is 14.6 Å². The van der Waals surface area contributed by atoms with Crippen LogP contribution in [0.2, 0.25) is 0 Å². The number of aromatic nitrogens is 5. The van der Waals surface area contributed by atoms with E-state index in [0.29, 0.717) is 28.0 Å². The molecule has 0 aliphatic carbocycles. The van der Waals surface area contributed by atoms with Crippen molar-refractivity contribution in [1.29, 1.82) is 5.26 Å². The highest BCUT2D eigenvalue weighted by Gasteiger charge is 2.22. The van der Waals surface area contributed by atoms with Gasteiger partial charge in [0.25, 0.3) is 12.3 Å². The van der Waals surface area contributed by atoms with Crippen molar-refractivity contribution in [2.45, 2.75) is 32.7 Å². The number of hydrogen-bond acceptors (Lipinski definition) is 7. The van der Waals surface area contributed by atoms with E-state index in [1.54, 1.807) is 38.4 Å². The fourth-order valence-corrected chi connectivity index (χ4v) is 3.49. The lowest BCUT2D eigenvalue weighted by atomic mass is 10.1. The van der Waals surface area contributed by atoms with E-state index in [-0.39, 0.29) is 17.5 Å². The lowest BCUT2D eigenvalue weighted by molar-refractivity contribution is 0.0801. The van der Waals surface area contributed by atoms with Crippen LogP contribution in [0.15, 0.2) is 36.8 Å². The average molecular weight is 468 g/mol. The van der Waals surface area contributed by atoms with Gasteiger partial charge in [0.2, 0.25) is 5.88 Å². The van der Waals surface area contributed by atoms with E-state index in [1.807, 2.05) is 6.92 Å². The Bertz CT molecular complexity index is 1400. The Kier molecular flexibility index (Phi) is 5.83. The molecule has 0 bridgehead atoms. The third-order valence-corrected chi connectivity index (χ3v) is 5.29. The van der Waals surface area contributed by atoms with Crippen LogP contribution in [-0.2, 0) is 5.54 Å². The van der Waals surface area contributed by atoms with Crippen molar-refractivity contribution in [2.75, 3.05) is 13.7 Å². The smallest absolute Gasteiger partial charge is 0.272 e. The predicted octanol–water partition coefficient (Wildman–Crippen LogP) is 4.21. The number of aromatic hydroxyl groups is 1. The van der Waals surface area contributed by atoms with E-state index in [0.717, 1.165) is 5.56 Å². The number of fused-ring (bicyclic) bond motifs is 1. The first-order chi connectivity index (χ1) is 16.1. The average Bonchev–Trinajstić information content (AvgIpc) is 3.43. The second-order valence-electron chi connectivity index (χ2n) is 8.13. The third-order valence-electron chi connectivity index (χ3n) is 5.29. The molecule has 0 spiro atoms. The molecule has 4 rings (SSSR count). The van der Waals surface area contributed by atoms with Gasteiger partial charge in [-0.05, 0) is 38.5 Å². The van der Waals surface area contributed by atoms with Gasteiger partial charge >= 0.3 is 0 Å². The Morgan fingerprint density at radius 3 is 2.74 bits per heavy atom. The molecule has 0 atom stereocenters. The first kappa shape index (κ1) is 23.0. The number of aryl methyl sites for hydroxylation is 1. The second-order valence-corrected chi connectivity index (χ2v) is 8.13. The van der Waals surface area contributed by atoms with Gasteiger partial charge in [0.15, 0.2) is 11.6 Å². The van der Waals surface area contributed by atoms with Crippen LogP contribution in [0.25, 0.3) is 28.0 Å². The number of methoxy groups -OCH3 is 1. The van der Waals surface area contributed by atoms with Crippen LogP contribution in [0.1, 0.15) is 19.4 Å². The Morgan fingerprint density at radius 2 is 2.06 bits per heavy atom. The summed E-state index contributed by atoms with van der Waals surface area (Å²) in [5.74, 6) is 0.543. The molecule has 0 saturated carbocycles. The maximum Gasteiger partial charge on any atom is 0.272 e. The minimum atomic E-state index is -2.64. The van der Waals surface area contributed by atoms with Crippen molar-refractivity contribution in [2.24, 2.45) is 0 Å². The van der Waals surface area contributed by atoms with Crippen molar-refractivity contribution in [3.8, 4) is 40.7 Å². The summed E-state index contributed by atoms with van der Waals surface area (Å²) in [5.41, 5.74) is 1.41. The number of pyridine rings is 2. The fourth-order valence-electron chi connectivity index (χ4n) is 3.49. The summed E-state index contributed by atoms with van der Waals surface area (Å²) in [4.78, 5) is 8.76. The SMILES string of the molecule is COc1ncc(-c2cc(C)c3c(O)n(-c4ccn(C(C)(C)C#N)n4)cc3n2)cc1OCC(F)F. The first-order valence-corrected chi connectivity index (χ1v) is 10.3. The van der Waals surface area contributed by atoms with E-state index >= 15 is 0 Å². The fraction of sp³-hybridized carbons (Fsp3) is 0.304. The van der Waals surface area contributed by atoms with Crippen LogP contribution in [0.4, 0.5) is 8.78 Å². The first-order valence-electron chi connectivity index (χ1n) is 10.3. The summed E-state index contributed by atoms with van der Waals surface area (Å²) in [6, 6.07) is 7.15. The van der Waals surface area contributed by atoms with Gasteiger partial charge in [0, 0.05) is 30.2 Å². The molecule has 34 heavy (non-hydrogen) atoms. The van der Waals surface area contributed by atoms with E-state index in [9.17, 15) is 19.1 Å². The van der Waals surface area contributed by atoms with Crippen molar-refractivity contribution in [3.63, 3.8) is 0 Å². The van der Waals surface area contributed by atoms with Crippen LogP contribution in [0, 0.1) is 18.3 Å². The minimum absolute atomic E-state index is 0.0413. The number of hydrogen-bond donors (Lipinski definition) is 1. The number of halogens is 2. The highest BCUT2D eigenvalue weighted by Crippen LogP contribution is 2.35. The molecular formula is C23H22F2N6O3. The highest BCUT2D eigenvalue weighted by molar-refractivity contribution is 5.90. The van der Waals surface area contributed by atoms with Gasteiger partial charge in [0.05, 0.1) is 29.8 Å². The Labute approximate surface area is 193 Å². The van der Waals surface area contributed by atoms with Crippen molar-refractivity contribution < 1.29 is 23.4 Å². The summed E-state index contributed by atoms with van der Waals surface area (Å²) in [5, 5.41) is 25.2. The lowest BCUT2D eigenvalue weighted by Gasteiger charge is -2.15. The maximum absolute atomic E-state index is 12.6. The van der Waals surface area contributed by atoms with Gasteiger partial charge in [-0.3, -0.25) is 9.25 Å². The number of alkyl halides is 2. The molecule has 0 aliphatic rings. The third kappa shape index (κ3) is 4.10. The molecule has 0 radical (unpaired) electrons. The number of nitrogens with zero attached hydrogens (tertiary/aromatic N) is 6. The number of rotatable bonds is 7. The summed E-state index contributed by atoms with van der Waals surface area (Å²) in [6.07, 6.45) is 2.16. The molecule has 4 aromatic heterocycles. The van der Waals surface area contributed by atoms with Gasteiger partial charge in [-0.25, -0.2) is 18.7 Å². The second kappa shape index (κ2) is 8.62. The molecule has 0 amide bonds. The van der Waals surface area contributed by atoms with Gasteiger partial charge in [0.1, 0.15) is 12.1 Å². The zero-order valence-corrected chi connectivity index (χ0v) is 19.0. The van der Waals surface area contributed by atoms with Crippen LogP contribution in [0.5, 0.6) is 17.5 Å². The maximum atomic E-state index is 12.6. The summed E-state index contributed by atoms with van der Waals surface area (Å²) < 4.78 is 38.5. The molecule has 9 nitrogen and oxygen atoms in total. The molecular weight excluding hydrogens is 446 g/mol. The van der Waals surface area contributed by atoms with E-state index in [1.165, 1.54) is 28.6 Å². The van der Waals surface area contributed by atoms with Crippen molar-refractivity contribution >= 4 is 10.9 Å². The van der Waals surface area contributed by atoms with Crippen LogP contribution >= 0.6 is 0 Å². The molecule has 0 aromatic carbocycles. The van der Waals surface area contributed by atoms with Crippen LogP contribution in [-0.4, -0.2) is 49.6 Å². The van der Waals surface area contributed by atoms with Gasteiger partial charge in [-0.1, -0.05) is 0 Å². The summed E-state index contributed by atoms with van der Waals surface area (Å²) in [6.45, 7) is 4.49. The number of nitriles is 1. The molecule has 0 unspecified atom stereocenters. The molecule has 0 saturated heterocycles. The summed E-state index contributed by atoms with van der Waals surface area (Å²) >= 11 is 0. The standard InChI is InChI=1S/C23H22F2N6O3/c1-13-7-15(14-8-17(34-11-18(24)25)21(33-4)27-9-14)28-16-10-30(22(32)20(13)16)19-5-6-31(29-19)23(2,3)12-26/h5-10,18,32H,11H2,1-4H3. The Morgan fingerprint density at radius 1 is 1.29 bits per heavy atom. The molecule has 4 aromatic rings. The molecule has 4 heterocycles. The topological polar surface area (TPSA) is 111 Å². The van der Waals surface area contributed by atoms with E-state index in [4.69, 9.17) is 9.47 Å². The zero-order valence-electron chi connectivity index (χ0n) is 19.0. The minimum Gasteiger partial charge on any atom is -0.494 e. The molecule has 1 N–H and O–H groups in total. The van der Waals surface area contributed by atoms with Crippen LogP contribution in [0.3, 0.4) is 0 Å². The molecule has 0 aliphatic heterocycles. The highest BCUT2D eigenvalue weighted by atomic mass is 19.3. The van der Waals surface area contributed by atoms with Gasteiger partial charge in [-0.15, -0.1) is 0 Å². The van der Waals surface area contributed by atoms with Crippen molar-refractivity contribution in [3.05, 3.63) is 42.4 Å².